The van der Waals surface area contributed by atoms with E-state index in [2.05, 4.69) is 15.8 Å². The molecule has 0 atom stereocenters. The van der Waals surface area contributed by atoms with Crippen LogP contribution < -0.4 is 10.9 Å². The minimum absolute atomic E-state index is 0.342. The van der Waals surface area contributed by atoms with Crippen molar-refractivity contribution in [3.8, 4) is 0 Å². The average Bonchev–Trinajstić information content (AvgIpc) is 2.45. The molecule has 0 aromatic carbocycles. The van der Waals surface area contributed by atoms with Gasteiger partial charge in [0.2, 0.25) is 0 Å². The minimum atomic E-state index is -0.459. The molecule has 1 heterocycles. The largest absolute Gasteiger partial charge is 0.443 e. The summed E-state index contributed by atoms with van der Waals surface area (Å²) in [5.74, 6) is 0. The van der Waals surface area contributed by atoms with Crippen LogP contribution in [0.1, 0.15) is 46.5 Å². The van der Waals surface area contributed by atoms with E-state index in [0.29, 0.717) is 12.1 Å². The smallest absolute Gasteiger partial charge is 0.422 e. The third-order valence-electron chi connectivity index (χ3n) is 4.04. The summed E-state index contributed by atoms with van der Waals surface area (Å²) in [6.45, 7) is 9.41. The van der Waals surface area contributed by atoms with E-state index >= 15 is 0 Å². The van der Waals surface area contributed by atoms with Crippen LogP contribution in [0.2, 0.25) is 0 Å². The fourth-order valence-electron chi connectivity index (χ4n) is 2.99. The highest BCUT2D eigenvalue weighted by molar-refractivity contribution is 5.67. The number of hydrazine groups is 1. The Morgan fingerprint density at radius 2 is 1.76 bits per heavy atom. The van der Waals surface area contributed by atoms with Gasteiger partial charge in [-0.25, -0.2) is 10.2 Å². The van der Waals surface area contributed by atoms with Crippen molar-refractivity contribution in [3.63, 3.8) is 0 Å². The molecule has 0 unspecified atom stereocenters. The quantitative estimate of drug-likeness (QED) is 0.776. The van der Waals surface area contributed by atoms with E-state index in [1.807, 2.05) is 20.8 Å². The highest BCUT2D eigenvalue weighted by Gasteiger charge is 2.27. The normalized spacial score (nSPS) is 28.1. The Labute approximate surface area is 127 Å². The van der Waals surface area contributed by atoms with Crippen LogP contribution in [0.15, 0.2) is 0 Å². The van der Waals surface area contributed by atoms with Gasteiger partial charge in [-0.15, -0.1) is 0 Å². The SMILES string of the molecule is CC(C)(C)OC(=O)NN[C@H]1CC[C@H](N2CCOCC2)CC1. The van der Waals surface area contributed by atoms with Crippen molar-refractivity contribution in [2.24, 2.45) is 0 Å². The van der Waals surface area contributed by atoms with Crippen LogP contribution in [0, 0.1) is 0 Å². The zero-order valence-corrected chi connectivity index (χ0v) is 13.5. The van der Waals surface area contributed by atoms with Crippen molar-refractivity contribution < 1.29 is 14.3 Å². The molecule has 2 rings (SSSR count). The van der Waals surface area contributed by atoms with Gasteiger partial charge in [0.25, 0.3) is 0 Å². The van der Waals surface area contributed by atoms with E-state index in [1.54, 1.807) is 0 Å². The second-order valence-corrected chi connectivity index (χ2v) is 6.93. The van der Waals surface area contributed by atoms with Crippen LogP contribution >= 0.6 is 0 Å². The molecule has 2 aliphatic rings. The second-order valence-electron chi connectivity index (χ2n) is 6.93. The molecule has 21 heavy (non-hydrogen) atoms. The Bertz CT molecular complexity index is 330. The van der Waals surface area contributed by atoms with Crippen molar-refractivity contribution in [2.45, 2.75) is 64.1 Å². The van der Waals surface area contributed by atoms with Gasteiger partial charge in [0.05, 0.1) is 13.2 Å². The van der Waals surface area contributed by atoms with E-state index in [0.717, 1.165) is 39.1 Å². The van der Waals surface area contributed by atoms with Gasteiger partial charge in [0.15, 0.2) is 0 Å². The number of carbonyl (C=O) groups excluding carboxylic acids is 1. The number of rotatable bonds is 3. The number of ether oxygens (including phenoxy) is 2. The fraction of sp³-hybridized carbons (Fsp3) is 0.933. The van der Waals surface area contributed by atoms with E-state index in [9.17, 15) is 4.79 Å². The fourth-order valence-corrected chi connectivity index (χ4v) is 2.99. The lowest BCUT2D eigenvalue weighted by Crippen LogP contribution is -2.51. The molecule has 6 nitrogen and oxygen atoms in total. The monoisotopic (exact) mass is 299 g/mol. The van der Waals surface area contributed by atoms with E-state index in [4.69, 9.17) is 9.47 Å². The Morgan fingerprint density at radius 1 is 1.14 bits per heavy atom. The summed E-state index contributed by atoms with van der Waals surface area (Å²) in [7, 11) is 0. The van der Waals surface area contributed by atoms with E-state index < -0.39 is 11.7 Å². The summed E-state index contributed by atoms with van der Waals surface area (Å²) in [6, 6.07) is 1.02. The molecule has 122 valence electrons. The van der Waals surface area contributed by atoms with Gasteiger partial charge in [-0.3, -0.25) is 10.3 Å². The average molecular weight is 299 g/mol. The maximum absolute atomic E-state index is 11.6. The van der Waals surface area contributed by atoms with E-state index in [1.165, 1.54) is 12.8 Å². The predicted octanol–water partition coefficient (Wildman–Crippen LogP) is 1.66. The molecule has 0 bridgehead atoms. The third kappa shape index (κ3) is 5.80. The highest BCUT2D eigenvalue weighted by atomic mass is 16.6. The molecule has 1 aliphatic heterocycles. The van der Waals surface area contributed by atoms with Crippen LogP contribution in [-0.2, 0) is 9.47 Å². The van der Waals surface area contributed by atoms with Gasteiger partial charge in [0.1, 0.15) is 5.60 Å². The van der Waals surface area contributed by atoms with Gasteiger partial charge in [-0.05, 0) is 46.5 Å². The van der Waals surface area contributed by atoms with E-state index in [-0.39, 0.29) is 0 Å². The molecule has 1 aliphatic carbocycles. The van der Waals surface area contributed by atoms with Crippen molar-refractivity contribution in [1.29, 1.82) is 0 Å². The standard InChI is InChI=1S/C15H29N3O3/c1-15(2,3)21-14(19)17-16-12-4-6-13(7-5-12)18-8-10-20-11-9-18/h12-13,16H,4-11H2,1-3H3,(H,17,19)/t12-,13-. The summed E-state index contributed by atoms with van der Waals surface area (Å²) >= 11 is 0. The van der Waals surface area contributed by atoms with Gasteiger partial charge in [-0.2, -0.15) is 0 Å². The van der Waals surface area contributed by atoms with Crippen LogP contribution in [0.4, 0.5) is 4.79 Å². The molecular formula is C15H29N3O3. The number of hydrogen-bond acceptors (Lipinski definition) is 5. The van der Waals surface area contributed by atoms with Crippen molar-refractivity contribution in [1.82, 2.24) is 15.8 Å². The Morgan fingerprint density at radius 3 is 2.33 bits per heavy atom. The molecule has 2 N–H and O–H groups in total. The maximum atomic E-state index is 11.6. The molecule has 1 saturated heterocycles. The lowest BCUT2D eigenvalue weighted by molar-refractivity contribution is 0.00571. The van der Waals surface area contributed by atoms with Crippen molar-refractivity contribution in [2.75, 3.05) is 26.3 Å². The molecule has 0 aromatic heterocycles. The van der Waals surface area contributed by atoms with Crippen LogP contribution in [0.3, 0.4) is 0 Å². The summed E-state index contributed by atoms with van der Waals surface area (Å²) < 4.78 is 10.6. The number of nitrogens with zero attached hydrogens (tertiary/aromatic N) is 1. The number of morpholine rings is 1. The van der Waals surface area contributed by atoms with Gasteiger partial charge >= 0.3 is 6.09 Å². The van der Waals surface area contributed by atoms with Crippen molar-refractivity contribution >= 4 is 6.09 Å². The molecule has 0 aromatic rings. The molecule has 1 saturated carbocycles. The third-order valence-corrected chi connectivity index (χ3v) is 4.04. The first-order chi connectivity index (χ1) is 9.94. The Hall–Kier alpha value is -0.850. The topological polar surface area (TPSA) is 62.8 Å². The summed E-state index contributed by atoms with van der Waals surface area (Å²) in [6.07, 6.45) is 4.11. The number of nitrogens with one attached hydrogen (secondary N) is 2. The number of amides is 1. The zero-order valence-electron chi connectivity index (χ0n) is 13.5. The van der Waals surface area contributed by atoms with Gasteiger partial charge < -0.3 is 9.47 Å². The lowest BCUT2D eigenvalue weighted by atomic mass is 9.90. The summed E-state index contributed by atoms with van der Waals surface area (Å²) in [5, 5.41) is 0. The summed E-state index contributed by atoms with van der Waals surface area (Å²) in [4.78, 5) is 14.1. The molecule has 0 spiro atoms. The van der Waals surface area contributed by atoms with Crippen LogP contribution in [0.25, 0.3) is 0 Å². The first kappa shape index (κ1) is 16.5. The Kier molecular flexibility index (Phi) is 5.84. The van der Waals surface area contributed by atoms with Crippen LogP contribution in [-0.4, -0.2) is 55.0 Å². The Balaban J connectivity index is 1.63. The molecular weight excluding hydrogens is 270 g/mol. The van der Waals surface area contributed by atoms with Crippen LogP contribution in [0.5, 0.6) is 0 Å². The molecule has 1 amide bonds. The predicted molar refractivity (Wildman–Crippen MR) is 80.9 cm³/mol. The van der Waals surface area contributed by atoms with Gasteiger partial charge in [-0.1, -0.05) is 0 Å². The molecule has 6 heteroatoms. The molecule has 0 radical (unpaired) electrons. The zero-order chi connectivity index (χ0) is 15.3. The lowest BCUT2D eigenvalue weighted by Gasteiger charge is -2.38. The number of carbonyl (C=O) groups is 1. The first-order valence-corrected chi connectivity index (χ1v) is 8.00. The maximum Gasteiger partial charge on any atom is 0.422 e. The second kappa shape index (κ2) is 7.42. The molecule has 2 fully saturated rings. The summed E-state index contributed by atoms with van der Waals surface area (Å²) in [5.41, 5.74) is 5.30. The number of hydrogen-bond donors (Lipinski definition) is 2. The van der Waals surface area contributed by atoms with Crippen molar-refractivity contribution in [3.05, 3.63) is 0 Å². The highest BCUT2D eigenvalue weighted by Crippen LogP contribution is 2.23. The first-order valence-electron chi connectivity index (χ1n) is 8.00. The van der Waals surface area contributed by atoms with Gasteiger partial charge in [0, 0.05) is 25.2 Å². The minimum Gasteiger partial charge on any atom is -0.443 e.